The molecule has 2 heterocycles. The average molecular weight is 490 g/mol. The highest BCUT2D eigenvalue weighted by molar-refractivity contribution is 9.10. The van der Waals surface area contributed by atoms with Crippen LogP contribution in [0.25, 0.3) is 0 Å². The van der Waals surface area contributed by atoms with Crippen molar-refractivity contribution in [2.75, 3.05) is 19.8 Å². The van der Waals surface area contributed by atoms with Crippen LogP contribution in [0.5, 0.6) is 11.5 Å². The number of halogens is 1. The molecule has 0 spiro atoms. The van der Waals surface area contributed by atoms with E-state index in [-0.39, 0.29) is 13.2 Å². The minimum absolute atomic E-state index is 0.193. The smallest absolute Gasteiger partial charge is 0.408 e. The number of fused-ring (bicyclic) bond motifs is 2. The summed E-state index contributed by atoms with van der Waals surface area (Å²) in [6, 6.07) is 10.6. The summed E-state index contributed by atoms with van der Waals surface area (Å²) in [5.74, 6) is 0.111. The van der Waals surface area contributed by atoms with E-state index in [9.17, 15) is 14.4 Å². The lowest BCUT2D eigenvalue weighted by atomic mass is 9.92. The Kier molecular flexibility index (Phi) is 6.13. The fourth-order valence-corrected chi connectivity index (χ4v) is 3.88. The van der Waals surface area contributed by atoms with Gasteiger partial charge in [-0.05, 0) is 36.8 Å². The third kappa shape index (κ3) is 4.51. The van der Waals surface area contributed by atoms with Crippen molar-refractivity contribution < 1.29 is 33.3 Å². The number of benzene rings is 2. The molecule has 31 heavy (non-hydrogen) atoms. The molecular formula is C22H20BrNO7. The highest BCUT2D eigenvalue weighted by Crippen LogP contribution is 2.39. The number of Topliss-reactive ketones (excluding diaryl/α,β-unsaturated/α-hetero) is 1. The minimum atomic E-state index is -1.25. The maximum atomic E-state index is 13.2. The molecule has 162 valence electrons. The predicted octanol–water partition coefficient (Wildman–Crippen LogP) is 3.36. The summed E-state index contributed by atoms with van der Waals surface area (Å²) < 4.78 is 22.6. The number of amides is 1. The lowest BCUT2D eigenvalue weighted by Gasteiger charge is -2.32. The van der Waals surface area contributed by atoms with Gasteiger partial charge in [0.15, 0.2) is 6.10 Å². The van der Waals surface area contributed by atoms with E-state index in [1.54, 1.807) is 31.2 Å². The number of carbonyl (C=O) groups excluding carboxylic acids is 3. The molecular weight excluding hydrogens is 470 g/mol. The van der Waals surface area contributed by atoms with Gasteiger partial charge in [0, 0.05) is 16.5 Å². The molecule has 0 radical (unpaired) electrons. The number of alkyl carbamates (subject to hydrolysis) is 1. The van der Waals surface area contributed by atoms with Crippen molar-refractivity contribution in [3.05, 3.63) is 57.6 Å². The highest BCUT2D eigenvalue weighted by Gasteiger charge is 2.41. The third-order valence-electron chi connectivity index (χ3n) is 4.96. The number of ketones is 1. The zero-order valence-corrected chi connectivity index (χ0v) is 18.3. The second-order valence-corrected chi connectivity index (χ2v) is 7.91. The highest BCUT2D eigenvalue weighted by atomic mass is 79.9. The van der Waals surface area contributed by atoms with Crippen molar-refractivity contribution in [3.63, 3.8) is 0 Å². The van der Waals surface area contributed by atoms with Crippen LogP contribution in [0.3, 0.4) is 0 Å². The Morgan fingerprint density at radius 2 is 2.03 bits per heavy atom. The van der Waals surface area contributed by atoms with Gasteiger partial charge >= 0.3 is 12.1 Å². The van der Waals surface area contributed by atoms with Crippen LogP contribution in [0.1, 0.15) is 34.5 Å². The number of nitrogens with one attached hydrogen (secondary N) is 1. The van der Waals surface area contributed by atoms with E-state index in [1.165, 1.54) is 0 Å². The summed E-state index contributed by atoms with van der Waals surface area (Å²) in [4.78, 5) is 37.1. The zero-order valence-electron chi connectivity index (χ0n) is 16.7. The molecule has 2 aromatic carbocycles. The van der Waals surface area contributed by atoms with Crippen molar-refractivity contribution in [2.24, 2.45) is 0 Å². The maximum Gasteiger partial charge on any atom is 0.408 e. The molecule has 0 bridgehead atoms. The standard InChI is InChI=1S/C22H20BrNO7/c1-2-28-18(25)11-24-22(27)31-21-19(26)15-10-14(23)5-6-16(15)30-20(21)13-4-3-12-7-8-29-17(12)9-13/h3-6,9-10,20-21H,2,7-8,11H2,1H3,(H,24,27)/t20-,21+/m0/s1. The fourth-order valence-electron chi connectivity index (χ4n) is 3.52. The van der Waals surface area contributed by atoms with Gasteiger partial charge in [0.05, 0.1) is 18.8 Å². The summed E-state index contributed by atoms with van der Waals surface area (Å²) >= 11 is 3.34. The lowest BCUT2D eigenvalue weighted by Crippen LogP contribution is -2.43. The molecule has 8 nitrogen and oxygen atoms in total. The predicted molar refractivity (Wildman–Crippen MR) is 112 cm³/mol. The molecule has 0 aliphatic carbocycles. The van der Waals surface area contributed by atoms with Gasteiger partial charge in [0.2, 0.25) is 11.9 Å². The molecule has 0 aromatic heterocycles. The molecule has 0 unspecified atom stereocenters. The van der Waals surface area contributed by atoms with Crippen LogP contribution in [-0.2, 0) is 20.7 Å². The Morgan fingerprint density at radius 3 is 2.84 bits per heavy atom. The van der Waals surface area contributed by atoms with Crippen molar-refractivity contribution in [2.45, 2.75) is 25.6 Å². The minimum Gasteiger partial charge on any atom is -0.493 e. The van der Waals surface area contributed by atoms with Crippen molar-refractivity contribution in [1.82, 2.24) is 5.32 Å². The van der Waals surface area contributed by atoms with E-state index in [1.807, 2.05) is 12.1 Å². The van der Waals surface area contributed by atoms with Gasteiger partial charge in [-0.2, -0.15) is 0 Å². The van der Waals surface area contributed by atoms with E-state index in [4.69, 9.17) is 18.9 Å². The van der Waals surface area contributed by atoms with Crippen molar-refractivity contribution >= 4 is 33.8 Å². The van der Waals surface area contributed by atoms with E-state index in [2.05, 4.69) is 21.2 Å². The average Bonchev–Trinajstić information content (AvgIpc) is 3.22. The van der Waals surface area contributed by atoms with Crippen LogP contribution in [0.2, 0.25) is 0 Å². The monoisotopic (exact) mass is 489 g/mol. The van der Waals surface area contributed by atoms with E-state index < -0.39 is 30.1 Å². The first kappa shape index (κ1) is 21.2. The Bertz CT molecular complexity index is 1040. The van der Waals surface area contributed by atoms with Crippen molar-refractivity contribution in [1.29, 1.82) is 0 Å². The first-order valence-corrected chi connectivity index (χ1v) is 10.6. The molecule has 9 heteroatoms. The van der Waals surface area contributed by atoms with Crippen LogP contribution in [-0.4, -0.2) is 43.7 Å². The quantitative estimate of drug-likeness (QED) is 0.642. The maximum absolute atomic E-state index is 13.2. The number of rotatable bonds is 5. The topological polar surface area (TPSA) is 100 Å². The third-order valence-corrected chi connectivity index (χ3v) is 5.45. The molecule has 4 rings (SSSR count). The molecule has 0 fully saturated rings. The number of carbonyl (C=O) groups is 3. The lowest BCUT2D eigenvalue weighted by molar-refractivity contribution is -0.141. The van der Waals surface area contributed by atoms with Crippen LogP contribution in [0, 0.1) is 0 Å². The molecule has 1 amide bonds. The molecule has 2 atom stereocenters. The van der Waals surface area contributed by atoms with Crippen LogP contribution in [0.4, 0.5) is 4.79 Å². The summed E-state index contributed by atoms with van der Waals surface area (Å²) in [5.41, 5.74) is 2.01. The SMILES string of the molecule is CCOC(=O)CNC(=O)O[C@@H]1C(=O)c2cc(Br)ccc2O[C@H]1c1ccc2c(c1)OCC2. The molecule has 1 N–H and O–H groups in total. The Morgan fingerprint density at radius 1 is 1.19 bits per heavy atom. The van der Waals surface area contributed by atoms with E-state index in [0.717, 1.165) is 17.7 Å². The Balaban J connectivity index is 1.61. The van der Waals surface area contributed by atoms with Crippen LogP contribution >= 0.6 is 15.9 Å². The van der Waals surface area contributed by atoms with E-state index >= 15 is 0 Å². The van der Waals surface area contributed by atoms with Crippen molar-refractivity contribution in [3.8, 4) is 11.5 Å². The van der Waals surface area contributed by atoms with Crippen LogP contribution in [0.15, 0.2) is 40.9 Å². The second kappa shape index (κ2) is 8.97. The van der Waals surface area contributed by atoms with Gasteiger partial charge in [0.25, 0.3) is 0 Å². The number of hydrogen-bond donors (Lipinski definition) is 1. The van der Waals surface area contributed by atoms with Gasteiger partial charge in [-0.15, -0.1) is 0 Å². The molecule has 0 saturated heterocycles. The number of ether oxygens (including phenoxy) is 4. The first-order valence-electron chi connectivity index (χ1n) is 9.82. The molecule has 2 aromatic rings. The molecule has 2 aliphatic heterocycles. The fraction of sp³-hybridized carbons (Fsp3) is 0.318. The van der Waals surface area contributed by atoms with Crippen LogP contribution < -0.4 is 14.8 Å². The summed E-state index contributed by atoms with van der Waals surface area (Å²) in [6.45, 7) is 2.08. The Labute approximate surface area is 186 Å². The largest absolute Gasteiger partial charge is 0.493 e. The molecule has 2 aliphatic rings. The van der Waals surface area contributed by atoms with Gasteiger partial charge in [-0.3, -0.25) is 9.59 Å². The van der Waals surface area contributed by atoms with Gasteiger partial charge < -0.3 is 24.3 Å². The zero-order chi connectivity index (χ0) is 22.0. The summed E-state index contributed by atoms with van der Waals surface area (Å²) in [5, 5.41) is 2.31. The van der Waals surface area contributed by atoms with Gasteiger partial charge in [-0.25, -0.2) is 4.79 Å². The normalized spacial score (nSPS) is 18.8. The van der Waals surface area contributed by atoms with E-state index in [0.29, 0.717) is 28.0 Å². The Hall–Kier alpha value is -3.07. The van der Waals surface area contributed by atoms with Gasteiger partial charge in [0.1, 0.15) is 18.0 Å². The number of esters is 1. The number of hydrogen-bond acceptors (Lipinski definition) is 7. The summed E-state index contributed by atoms with van der Waals surface area (Å²) in [6.07, 6.45) is -2.23. The second-order valence-electron chi connectivity index (χ2n) is 6.99. The van der Waals surface area contributed by atoms with Gasteiger partial charge in [-0.1, -0.05) is 28.1 Å². The first-order chi connectivity index (χ1) is 15.0. The summed E-state index contributed by atoms with van der Waals surface area (Å²) in [7, 11) is 0. The molecule has 0 saturated carbocycles.